The molecule has 184 valence electrons. The molecule has 14 heteroatoms. The van der Waals surface area contributed by atoms with Gasteiger partial charge in [-0.15, -0.1) is 0 Å². The molecule has 0 unspecified atom stereocenters. The van der Waals surface area contributed by atoms with Crippen LogP contribution in [0.25, 0.3) is 28.3 Å². The van der Waals surface area contributed by atoms with Crippen molar-refractivity contribution in [3.8, 4) is 22.6 Å². The van der Waals surface area contributed by atoms with Crippen molar-refractivity contribution in [3.05, 3.63) is 55.4 Å². The van der Waals surface area contributed by atoms with Gasteiger partial charge in [-0.1, -0.05) is 12.2 Å². The Labute approximate surface area is 198 Å². The molecule has 0 N–H and O–H groups in total. The van der Waals surface area contributed by atoms with Crippen molar-refractivity contribution in [2.24, 2.45) is 7.05 Å². The fraction of sp³-hybridized carbons (Fsp3) is 0.333. The van der Waals surface area contributed by atoms with Crippen molar-refractivity contribution in [2.75, 3.05) is 13.1 Å². The Morgan fingerprint density at radius 3 is 2.54 bits per heavy atom. The van der Waals surface area contributed by atoms with E-state index in [2.05, 4.69) is 15.2 Å². The minimum absolute atomic E-state index is 0.318. The van der Waals surface area contributed by atoms with Crippen LogP contribution in [-0.2, 0) is 22.6 Å². The zero-order chi connectivity index (χ0) is 25.0. The van der Waals surface area contributed by atoms with Crippen molar-refractivity contribution in [3.63, 3.8) is 0 Å². The second-order valence-corrected chi connectivity index (χ2v) is 10.3. The van der Waals surface area contributed by atoms with Gasteiger partial charge in [-0.05, 0) is 13.3 Å². The second kappa shape index (κ2) is 8.02. The van der Waals surface area contributed by atoms with Crippen LogP contribution >= 0.6 is 0 Å². The number of halogens is 3. The lowest BCUT2D eigenvalue weighted by molar-refractivity contribution is -0.0566. The highest BCUT2D eigenvalue weighted by Crippen LogP contribution is 2.40. The Morgan fingerprint density at radius 2 is 1.89 bits per heavy atom. The summed E-state index contributed by atoms with van der Waals surface area (Å²) in [5.41, 5.74) is -3.60. The molecule has 0 spiro atoms. The Morgan fingerprint density at radius 1 is 1.14 bits per heavy atom. The quantitative estimate of drug-likeness (QED) is 0.373. The Bertz CT molecular complexity index is 1530. The predicted molar refractivity (Wildman–Crippen MR) is 120 cm³/mol. The minimum Gasteiger partial charge on any atom is -0.284 e. The maximum absolute atomic E-state index is 13.0. The molecule has 5 rings (SSSR count). The molecule has 1 fully saturated rings. The molecule has 5 heterocycles. The number of alkyl halides is 3. The Hall–Kier alpha value is -3.52. The fourth-order valence-corrected chi connectivity index (χ4v) is 5.27. The van der Waals surface area contributed by atoms with Crippen LogP contribution < -0.4 is 0 Å². The van der Waals surface area contributed by atoms with E-state index in [0.29, 0.717) is 33.5 Å². The molecule has 0 aliphatic carbocycles. The Kier molecular flexibility index (Phi) is 5.32. The van der Waals surface area contributed by atoms with E-state index >= 15 is 0 Å². The van der Waals surface area contributed by atoms with E-state index < -0.39 is 21.1 Å². The predicted octanol–water partition coefficient (Wildman–Crippen LogP) is 2.82. The van der Waals surface area contributed by atoms with E-state index in [4.69, 9.17) is 4.98 Å². The van der Waals surface area contributed by atoms with Gasteiger partial charge in [0.2, 0.25) is 0 Å². The molecular weight excluding hydrogens is 485 g/mol. The molecule has 10 nitrogen and oxygen atoms in total. The topological polar surface area (TPSA) is 103 Å². The summed E-state index contributed by atoms with van der Waals surface area (Å²) >= 11 is 0. The molecule has 35 heavy (non-hydrogen) atoms. The lowest BCUT2D eigenvalue weighted by atomic mass is 9.88. The van der Waals surface area contributed by atoms with Crippen LogP contribution in [0.15, 0.2) is 55.4 Å². The van der Waals surface area contributed by atoms with E-state index in [1.165, 1.54) is 4.68 Å². The van der Waals surface area contributed by atoms with Gasteiger partial charge in [-0.3, -0.25) is 13.8 Å². The molecule has 0 radical (unpaired) electrons. The molecule has 1 saturated heterocycles. The third-order valence-electron chi connectivity index (χ3n) is 6.02. The van der Waals surface area contributed by atoms with E-state index in [9.17, 15) is 21.6 Å². The van der Waals surface area contributed by atoms with E-state index in [1.54, 1.807) is 66.2 Å². The van der Waals surface area contributed by atoms with Gasteiger partial charge in [0.1, 0.15) is 11.5 Å². The first-order valence-electron chi connectivity index (χ1n) is 10.6. The van der Waals surface area contributed by atoms with Gasteiger partial charge in [0.15, 0.2) is 0 Å². The van der Waals surface area contributed by atoms with Gasteiger partial charge < -0.3 is 0 Å². The zero-order valence-electron chi connectivity index (χ0n) is 18.8. The number of hydrogen-bond acceptors (Lipinski definition) is 6. The number of imidazole rings is 1. The summed E-state index contributed by atoms with van der Waals surface area (Å²) in [5.74, 6) is 0.533. The van der Waals surface area contributed by atoms with Gasteiger partial charge in [0.05, 0.1) is 29.2 Å². The molecule has 0 atom stereocenters. The van der Waals surface area contributed by atoms with Gasteiger partial charge in [0, 0.05) is 56.6 Å². The van der Waals surface area contributed by atoms with Crippen molar-refractivity contribution in [1.29, 1.82) is 0 Å². The second-order valence-electron chi connectivity index (χ2n) is 8.41. The number of fused-ring (bicyclic) bond motifs is 1. The SMILES string of the molecule is C/C=C/CC1(n2cc(-c3nc(-c4cnn(C)c4)cc4nccn34)cn2)CN(S(=O)(=O)C(F)(F)F)C1. The first kappa shape index (κ1) is 23.2. The largest absolute Gasteiger partial charge is 0.511 e. The van der Waals surface area contributed by atoms with Crippen LogP contribution in [-0.4, -0.2) is 65.3 Å². The average molecular weight is 507 g/mol. The van der Waals surface area contributed by atoms with Crippen LogP contribution in [0.3, 0.4) is 0 Å². The molecule has 0 aromatic carbocycles. The molecular formula is C21H21F3N8O2S. The molecule has 1 aliphatic heterocycles. The molecule has 4 aromatic rings. The minimum atomic E-state index is -5.41. The van der Waals surface area contributed by atoms with Crippen LogP contribution in [0.2, 0.25) is 0 Å². The number of hydrogen-bond donors (Lipinski definition) is 0. The van der Waals surface area contributed by atoms with Crippen LogP contribution in [0, 0.1) is 0 Å². The van der Waals surface area contributed by atoms with Gasteiger partial charge >= 0.3 is 15.5 Å². The number of rotatable bonds is 6. The van der Waals surface area contributed by atoms with Crippen LogP contribution in [0.4, 0.5) is 13.2 Å². The first-order valence-corrected chi connectivity index (χ1v) is 12.0. The van der Waals surface area contributed by atoms with Gasteiger partial charge in [-0.25, -0.2) is 18.4 Å². The summed E-state index contributed by atoms with van der Waals surface area (Å²) < 4.78 is 68.3. The fourth-order valence-electron chi connectivity index (χ4n) is 4.16. The molecule has 0 saturated carbocycles. The lowest BCUT2D eigenvalue weighted by Crippen LogP contribution is -2.65. The average Bonchev–Trinajstić information content (AvgIpc) is 3.52. The highest BCUT2D eigenvalue weighted by Gasteiger charge is 2.58. The first-order chi connectivity index (χ1) is 16.5. The van der Waals surface area contributed by atoms with Crippen LogP contribution in [0.1, 0.15) is 13.3 Å². The summed E-state index contributed by atoms with van der Waals surface area (Å²) in [5, 5.41) is 8.59. The molecule has 4 aromatic heterocycles. The summed E-state index contributed by atoms with van der Waals surface area (Å²) in [6.07, 6.45) is 14.0. The molecule has 0 bridgehead atoms. The van der Waals surface area contributed by atoms with Gasteiger partial charge in [0.25, 0.3) is 0 Å². The van der Waals surface area contributed by atoms with Gasteiger partial charge in [-0.2, -0.15) is 27.7 Å². The number of aromatic nitrogens is 7. The van der Waals surface area contributed by atoms with Crippen molar-refractivity contribution in [1.82, 2.24) is 38.2 Å². The standard InChI is InChI=1S/C21H21F3N8O2S/c1-3-4-5-20(13-30(14-20)35(33,34)21(22,23)24)32-12-16(10-27-32)19-28-17(15-9-26-29(2)11-15)8-18-25-6-7-31(18)19/h3-4,6-12H,5,13-14H2,1-2H3/b4-3+. The highest BCUT2D eigenvalue weighted by molar-refractivity contribution is 7.90. The summed E-state index contributed by atoms with van der Waals surface area (Å²) in [6, 6.07) is 1.82. The summed E-state index contributed by atoms with van der Waals surface area (Å²) in [4.78, 5) is 9.12. The summed E-state index contributed by atoms with van der Waals surface area (Å²) in [6.45, 7) is 1.10. The van der Waals surface area contributed by atoms with E-state index in [1.807, 2.05) is 12.3 Å². The summed E-state index contributed by atoms with van der Waals surface area (Å²) in [7, 11) is -3.61. The smallest absolute Gasteiger partial charge is 0.284 e. The van der Waals surface area contributed by atoms with Crippen molar-refractivity contribution < 1.29 is 21.6 Å². The normalized spacial score (nSPS) is 16.8. The number of nitrogens with zero attached hydrogens (tertiary/aromatic N) is 8. The monoisotopic (exact) mass is 506 g/mol. The van der Waals surface area contributed by atoms with Crippen molar-refractivity contribution >= 4 is 15.7 Å². The Balaban J connectivity index is 1.53. The number of allylic oxidation sites excluding steroid dienone is 2. The third kappa shape index (κ3) is 3.82. The van der Waals surface area contributed by atoms with Crippen LogP contribution in [0.5, 0.6) is 0 Å². The maximum Gasteiger partial charge on any atom is 0.511 e. The highest BCUT2D eigenvalue weighted by atomic mass is 32.2. The molecule has 0 amide bonds. The number of sulfonamides is 1. The lowest BCUT2D eigenvalue weighted by Gasteiger charge is -2.48. The van der Waals surface area contributed by atoms with E-state index in [-0.39, 0.29) is 13.1 Å². The van der Waals surface area contributed by atoms with Crippen molar-refractivity contribution in [2.45, 2.75) is 24.4 Å². The maximum atomic E-state index is 13.0. The molecule has 1 aliphatic rings. The third-order valence-corrected chi connectivity index (χ3v) is 7.55. The zero-order valence-corrected chi connectivity index (χ0v) is 19.6. The number of aryl methyl sites for hydroxylation is 1. The van der Waals surface area contributed by atoms with E-state index in [0.717, 1.165) is 5.56 Å².